The zero-order chi connectivity index (χ0) is 12.5. The number of nitrogens with one attached hydrogen (secondary N) is 1. The summed E-state index contributed by atoms with van der Waals surface area (Å²) in [6, 6.07) is 9.95. The van der Waals surface area contributed by atoms with Crippen molar-refractivity contribution >= 4 is 11.8 Å². The van der Waals surface area contributed by atoms with Crippen LogP contribution in [0.25, 0.3) is 0 Å². The Balaban J connectivity index is 1.67. The molecule has 2 amide bonds. The number of carbonyl (C=O) groups excluding carboxylic acids is 2. The number of imide groups is 1. The van der Waals surface area contributed by atoms with Crippen LogP contribution in [0.4, 0.5) is 0 Å². The predicted molar refractivity (Wildman–Crippen MR) is 66.7 cm³/mol. The Morgan fingerprint density at radius 2 is 1.67 bits per heavy atom. The molecule has 2 heterocycles. The average Bonchev–Trinajstić information content (AvgIpc) is 2.95. The Kier molecular flexibility index (Phi) is 2.88. The van der Waals surface area contributed by atoms with Gasteiger partial charge in [0.2, 0.25) is 11.8 Å². The molecule has 0 aromatic heterocycles. The van der Waals surface area contributed by atoms with Gasteiger partial charge in [-0.2, -0.15) is 0 Å². The molecule has 1 aromatic carbocycles. The lowest BCUT2D eigenvalue weighted by Crippen LogP contribution is -2.36. The third kappa shape index (κ3) is 1.82. The average molecular weight is 244 g/mol. The smallest absolute Gasteiger partial charge is 0.234 e. The van der Waals surface area contributed by atoms with Crippen molar-refractivity contribution in [1.29, 1.82) is 0 Å². The Morgan fingerprint density at radius 1 is 1.06 bits per heavy atom. The molecule has 4 heteroatoms. The first-order valence-electron chi connectivity index (χ1n) is 6.37. The van der Waals surface area contributed by atoms with Gasteiger partial charge in [0, 0.05) is 19.6 Å². The first-order chi connectivity index (χ1) is 8.77. The summed E-state index contributed by atoms with van der Waals surface area (Å²) in [6.45, 7) is 1.81. The second-order valence-corrected chi connectivity index (χ2v) is 4.93. The van der Waals surface area contributed by atoms with Crippen LogP contribution in [0.2, 0.25) is 0 Å². The molecule has 4 nitrogen and oxygen atoms in total. The Morgan fingerprint density at radius 3 is 2.28 bits per heavy atom. The molecule has 2 aliphatic heterocycles. The highest BCUT2D eigenvalue weighted by molar-refractivity contribution is 6.05. The van der Waals surface area contributed by atoms with E-state index in [1.54, 1.807) is 0 Å². The quantitative estimate of drug-likeness (QED) is 0.785. The molecule has 3 rings (SSSR count). The standard InChI is InChI=1S/C14H16N2O2/c17-13-11-8-15-9-12(11)14(18)16(13)7-6-10-4-2-1-3-5-10/h1-5,11-12,15H,6-9H2. The molecule has 2 aliphatic rings. The molecule has 1 aromatic rings. The number of carbonyl (C=O) groups is 2. The molecule has 94 valence electrons. The van der Waals surface area contributed by atoms with Gasteiger partial charge in [0.15, 0.2) is 0 Å². The van der Waals surface area contributed by atoms with E-state index >= 15 is 0 Å². The molecular formula is C14H16N2O2. The van der Waals surface area contributed by atoms with Crippen LogP contribution in [0.3, 0.4) is 0 Å². The van der Waals surface area contributed by atoms with Gasteiger partial charge in [0.25, 0.3) is 0 Å². The maximum atomic E-state index is 12.1. The molecule has 0 spiro atoms. The van der Waals surface area contributed by atoms with Crippen molar-refractivity contribution in [2.45, 2.75) is 6.42 Å². The maximum Gasteiger partial charge on any atom is 0.234 e. The van der Waals surface area contributed by atoms with Gasteiger partial charge < -0.3 is 5.32 Å². The zero-order valence-corrected chi connectivity index (χ0v) is 10.1. The van der Waals surface area contributed by atoms with Crippen molar-refractivity contribution in [3.63, 3.8) is 0 Å². The second-order valence-electron chi connectivity index (χ2n) is 4.93. The molecule has 18 heavy (non-hydrogen) atoms. The van der Waals surface area contributed by atoms with Crippen molar-refractivity contribution in [2.75, 3.05) is 19.6 Å². The fraction of sp³-hybridized carbons (Fsp3) is 0.429. The van der Waals surface area contributed by atoms with E-state index in [1.807, 2.05) is 30.3 Å². The van der Waals surface area contributed by atoms with E-state index in [1.165, 1.54) is 4.90 Å². The summed E-state index contributed by atoms with van der Waals surface area (Å²) in [6.07, 6.45) is 0.741. The van der Waals surface area contributed by atoms with Crippen molar-refractivity contribution in [3.8, 4) is 0 Å². The molecular weight excluding hydrogens is 228 g/mol. The van der Waals surface area contributed by atoms with Gasteiger partial charge in [-0.1, -0.05) is 30.3 Å². The fourth-order valence-electron chi connectivity index (χ4n) is 2.81. The van der Waals surface area contributed by atoms with Gasteiger partial charge in [-0.25, -0.2) is 0 Å². The lowest BCUT2D eigenvalue weighted by atomic mass is 10.00. The number of rotatable bonds is 3. The second kappa shape index (κ2) is 4.53. The zero-order valence-electron chi connectivity index (χ0n) is 10.1. The monoisotopic (exact) mass is 244 g/mol. The predicted octanol–water partition coefficient (Wildman–Crippen LogP) is 0.433. The van der Waals surface area contributed by atoms with Gasteiger partial charge in [-0.05, 0) is 12.0 Å². The third-order valence-corrected chi connectivity index (χ3v) is 3.85. The SMILES string of the molecule is O=C1C2CNCC2C(=O)N1CCc1ccccc1. The van der Waals surface area contributed by atoms with Crippen LogP contribution >= 0.6 is 0 Å². The highest BCUT2D eigenvalue weighted by Gasteiger charge is 2.49. The van der Waals surface area contributed by atoms with E-state index in [4.69, 9.17) is 0 Å². The fourth-order valence-corrected chi connectivity index (χ4v) is 2.81. The van der Waals surface area contributed by atoms with Crippen molar-refractivity contribution in [3.05, 3.63) is 35.9 Å². The number of amides is 2. The molecule has 2 atom stereocenters. The van der Waals surface area contributed by atoms with Crippen LogP contribution in [-0.4, -0.2) is 36.3 Å². The highest BCUT2D eigenvalue weighted by atomic mass is 16.2. The number of hydrogen-bond donors (Lipinski definition) is 1. The largest absolute Gasteiger partial charge is 0.315 e. The first-order valence-corrected chi connectivity index (χ1v) is 6.37. The highest BCUT2D eigenvalue weighted by Crippen LogP contribution is 2.29. The summed E-state index contributed by atoms with van der Waals surface area (Å²) < 4.78 is 0. The summed E-state index contributed by atoms with van der Waals surface area (Å²) in [4.78, 5) is 25.6. The van der Waals surface area contributed by atoms with Crippen molar-refractivity contribution < 1.29 is 9.59 Å². The molecule has 2 saturated heterocycles. The van der Waals surface area contributed by atoms with E-state index in [2.05, 4.69) is 5.32 Å². The molecule has 0 radical (unpaired) electrons. The normalized spacial score (nSPS) is 26.8. The Hall–Kier alpha value is -1.68. The van der Waals surface area contributed by atoms with Crippen LogP contribution in [0.1, 0.15) is 5.56 Å². The lowest BCUT2D eigenvalue weighted by molar-refractivity contribution is -0.140. The number of nitrogens with zero attached hydrogens (tertiary/aromatic N) is 1. The summed E-state index contributed by atoms with van der Waals surface area (Å²) in [5.41, 5.74) is 1.16. The molecule has 1 N–H and O–H groups in total. The minimum atomic E-state index is -0.117. The van der Waals surface area contributed by atoms with E-state index in [-0.39, 0.29) is 23.7 Å². The molecule has 0 aliphatic carbocycles. The maximum absolute atomic E-state index is 12.1. The molecule has 0 bridgehead atoms. The summed E-state index contributed by atoms with van der Waals surface area (Å²) in [5.74, 6) is -0.224. The Bertz CT molecular complexity index is 450. The van der Waals surface area contributed by atoms with Crippen LogP contribution in [0, 0.1) is 11.8 Å². The van der Waals surface area contributed by atoms with Crippen LogP contribution in [0.5, 0.6) is 0 Å². The van der Waals surface area contributed by atoms with E-state index in [9.17, 15) is 9.59 Å². The Labute approximate surface area is 106 Å². The molecule has 2 unspecified atom stereocenters. The van der Waals surface area contributed by atoms with E-state index in [0.717, 1.165) is 12.0 Å². The molecule has 0 saturated carbocycles. The first kappa shape index (κ1) is 11.4. The third-order valence-electron chi connectivity index (χ3n) is 3.85. The summed E-state index contributed by atoms with van der Waals surface area (Å²) in [5, 5.41) is 3.11. The van der Waals surface area contributed by atoms with Gasteiger partial charge in [-0.3, -0.25) is 14.5 Å². The lowest BCUT2D eigenvalue weighted by Gasteiger charge is -2.15. The van der Waals surface area contributed by atoms with Gasteiger partial charge in [0.05, 0.1) is 11.8 Å². The van der Waals surface area contributed by atoms with Gasteiger partial charge in [0.1, 0.15) is 0 Å². The number of fused-ring (bicyclic) bond motifs is 1. The number of benzene rings is 1. The van der Waals surface area contributed by atoms with Gasteiger partial charge in [-0.15, -0.1) is 0 Å². The summed E-state index contributed by atoms with van der Waals surface area (Å²) >= 11 is 0. The van der Waals surface area contributed by atoms with Crippen molar-refractivity contribution in [1.82, 2.24) is 10.2 Å². The van der Waals surface area contributed by atoms with E-state index in [0.29, 0.717) is 19.6 Å². The van der Waals surface area contributed by atoms with Crippen LogP contribution in [0.15, 0.2) is 30.3 Å². The molecule has 2 fully saturated rings. The van der Waals surface area contributed by atoms with E-state index < -0.39 is 0 Å². The minimum absolute atomic E-state index is 0.00549. The van der Waals surface area contributed by atoms with Gasteiger partial charge >= 0.3 is 0 Å². The van der Waals surface area contributed by atoms with Crippen LogP contribution < -0.4 is 5.32 Å². The topological polar surface area (TPSA) is 49.4 Å². The minimum Gasteiger partial charge on any atom is -0.315 e. The number of hydrogen-bond acceptors (Lipinski definition) is 3. The summed E-state index contributed by atoms with van der Waals surface area (Å²) in [7, 11) is 0. The van der Waals surface area contributed by atoms with Crippen LogP contribution in [-0.2, 0) is 16.0 Å². The number of likely N-dealkylation sites (tertiary alicyclic amines) is 1. The van der Waals surface area contributed by atoms with Crippen molar-refractivity contribution in [2.24, 2.45) is 11.8 Å².